The lowest BCUT2D eigenvalue weighted by Crippen LogP contribution is -2.33. The van der Waals surface area contributed by atoms with E-state index in [1.165, 1.54) is 32.5 Å². The monoisotopic (exact) mass is 799 g/mol. The average Bonchev–Trinajstić information content (AvgIpc) is 3.98. The number of hydrogen-bond acceptors (Lipinski definition) is 4. The predicted molar refractivity (Wildman–Crippen MR) is 257 cm³/mol. The number of para-hydroxylation sites is 3. The zero-order valence-corrected chi connectivity index (χ0v) is 34.2. The van der Waals surface area contributed by atoms with Crippen LogP contribution in [0, 0.1) is 5.92 Å². The van der Waals surface area contributed by atoms with Gasteiger partial charge in [0.1, 0.15) is 22.9 Å². The molecule has 0 amide bonds. The first-order valence-corrected chi connectivity index (χ1v) is 21.7. The summed E-state index contributed by atoms with van der Waals surface area (Å²) in [6.45, 7) is 2.37. The van der Waals surface area contributed by atoms with Crippen molar-refractivity contribution in [2.75, 3.05) is 0 Å². The number of nitrogens with one attached hydrogen (secondary N) is 1. The van der Waals surface area contributed by atoms with Crippen molar-refractivity contribution in [1.82, 2.24) is 9.88 Å². The first kappa shape index (κ1) is 35.3. The molecule has 12 aromatic rings. The van der Waals surface area contributed by atoms with Crippen LogP contribution in [-0.2, 0) is 0 Å². The molecule has 0 spiro atoms. The number of aromatic nitrogens is 1. The lowest BCUT2D eigenvalue weighted by atomic mass is 9.87. The zero-order valence-electron chi connectivity index (χ0n) is 34.2. The van der Waals surface area contributed by atoms with E-state index in [9.17, 15) is 0 Å². The zero-order chi connectivity index (χ0) is 40.9. The van der Waals surface area contributed by atoms with Gasteiger partial charge in [-0.05, 0) is 100.0 Å². The number of rotatable bonds is 4. The molecule has 0 saturated heterocycles. The van der Waals surface area contributed by atoms with Crippen LogP contribution < -0.4 is 5.32 Å². The summed E-state index contributed by atoms with van der Waals surface area (Å²) < 4.78 is 16.2. The highest BCUT2D eigenvalue weighted by Crippen LogP contribution is 2.43. The number of hydrogen-bond donors (Lipinski definition) is 1. The fourth-order valence-corrected chi connectivity index (χ4v) is 10.4. The van der Waals surface area contributed by atoms with Gasteiger partial charge in [-0.3, -0.25) is 10.3 Å². The quantitative estimate of drug-likeness (QED) is 0.193. The molecule has 296 valence electrons. The van der Waals surface area contributed by atoms with Gasteiger partial charge in [-0.25, -0.2) is 0 Å². The second-order valence-electron chi connectivity index (χ2n) is 17.1. The van der Waals surface area contributed by atoms with Gasteiger partial charge in [-0.15, -0.1) is 0 Å². The van der Waals surface area contributed by atoms with Crippen molar-refractivity contribution in [1.29, 1.82) is 0 Å². The van der Waals surface area contributed by atoms with Gasteiger partial charge in [0.15, 0.2) is 5.58 Å². The second-order valence-corrected chi connectivity index (χ2v) is 17.1. The largest absolute Gasteiger partial charge is 0.456 e. The molecular formula is C57H41N3O2. The molecule has 0 aliphatic carbocycles. The number of aliphatic imine (C=N–C) groups is 1. The molecule has 3 aromatic heterocycles. The Kier molecular flexibility index (Phi) is 7.85. The first-order chi connectivity index (χ1) is 30.6. The van der Waals surface area contributed by atoms with E-state index in [0.29, 0.717) is 5.92 Å². The molecule has 3 atom stereocenters. The molecule has 13 rings (SSSR count). The van der Waals surface area contributed by atoms with Gasteiger partial charge < -0.3 is 13.4 Å². The summed E-state index contributed by atoms with van der Waals surface area (Å²) in [4.78, 5) is 5.82. The Balaban J connectivity index is 1.10. The van der Waals surface area contributed by atoms with E-state index in [1.807, 2.05) is 6.07 Å². The molecule has 9 aromatic carbocycles. The number of benzene rings is 9. The normalized spacial score (nSPS) is 17.5. The van der Waals surface area contributed by atoms with Crippen LogP contribution in [0.4, 0.5) is 0 Å². The topological polar surface area (TPSA) is 55.6 Å². The lowest BCUT2D eigenvalue weighted by Gasteiger charge is -2.32. The van der Waals surface area contributed by atoms with Gasteiger partial charge in [-0.2, -0.15) is 0 Å². The minimum atomic E-state index is -0.383. The van der Waals surface area contributed by atoms with Gasteiger partial charge in [0.05, 0.1) is 16.7 Å². The van der Waals surface area contributed by atoms with Crippen molar-refractivity contribution in [3.05, 3.63) is 199 Å². The summed E-state index contributed by atoms with van der Waals surface area (Å²) in [7, 11) is 0. The highest BCUT2D eigenvalue weighted by Gasteiger charge is 2.30. The highest BCUT2D eigenvalue weighted by atomic mass is 16.3. The molecule has 2 unspecified atom stereocenters. The van der Waals surface area contributed by atoms with Gasteiger partial charge in [0, 0.05) is 49.6 Å². The smallest absolute Gasteiger partial charge is 0.159 e. The maximum atomic E-state index is 7.05. The van der Waals surface area contributed by atoms with Crippen molar-refractivity contribution in [3.8, 4) is 5.69 Å². The summed E-state index contributed by atoms with van der Waals surface area (Å²) >= 11 is 0. The average molecular weight is 800 g/mol. The van der Waals surface area contributed by atoms with Crippen LogP contribution in [0.5, 0.6) is 0 Å². The van der Waals surface area contributed by atoms with Gasteiger partial charge in [0.25, 0.3) is 0 Å². The Bertz CT molecular complexity index is 3780. The van der Waals surface area contributed by atoms with Crippen molar-refractivity contribution in [3.63, 3.8) is 0 Å². The Morgan fingerprint density at radius 1 is 0.516 bits per heavy atom. The molecule has 0 fully saturated rings. The minimum absolute atomic E-state index is 0.0858. The van der Waals surface area contributed by atoms with Crippen molar-refractivity contribution in [2.24, 2.45) is 10.9 Å². The van der Waals surface area contributed by atoms with Crippen LogP contribution in [0.2, 0.25) is 0 Å². The van der Waals surface area contributed by atoms with Gasteiger partial charge in [-0.1, -0.05) is 140 Å². The molecular weight excluding hydrogens is 759 g/mol. The minimum Gasteiger partial charge on any atom is -0.456 e. The van der Waals surface area contributed by atoms with Crippen LogP contribution in [0.3, 0.4) is 0 Å². The van der Waals surface area contributed by atoms with Crippen molar-refractivity contribution in [2.45, 2.75) is 32.0 Å². The summed E-state index contributed by atoms with van der Waals surface area (Å²) in [6.07, 6.45) is 1.38. The lowest BCUT2D eigenvalue weighted by molar-refractivity contribution is 0.328. The third-order valence-electron chi connectivity index (χ3n) is 13.4. The summed E-state index contributed by atoms with van der Waals surface area (Å²) in [6, 6.07) is 65.6. The molecule has 62 heavy (non-hydrogen) atoms. The third-order valence-corrected chi connectivity index (χ3v) is 13.4. The molecule has 1 aliphatic rings. The molecule has 1 N–H and O–H groups in total. The predicted octanol–water partition coefficient (Wildman–Crippen LogP) is 15.1. The molecule has 0 bridgehead atoms. The molecule has 4 heterocycles. The number of furan rings is 2. The van der Waals surface area contributed by atoms with E-state index < -0.39 is 0 Å². The van der Waals surface area contributed by atoms with E-state index in [2.05, 4.69) is 193 Å². The molecule has 5 nitrogen and oxygen atoms in total. The fraction of sp³-hybridized carbons (Fsp3) is 0.105. The Hall–Kier alpha value is -7.47. The van der Waals surface area contributed by atoms with Crippen LogP contribution >= 0.6 is 0 Å². The fourth-order valence-electron chi connectivity index (χ4n) is 10.4. The first-order valence-electron chi connectivity index (χ1n) is 21.7. The maximum Gasteiger partial charge on any atom is 0.159 e. The van der Waals surface area contributed by atoms with Crippen LogP contribution in [0.1, 0.15) is 48.7 Å². The van der Waals surface area contributed by atoms with Gasteiger partial charge in [0.2, 0.25) is 0 Å². The summed E-state index contributed by atoms with van der Waals surface area (Å²) in [5.74, 6) is 0.315. The molecule has 0 radical (unpaired) electrons. The van der Waals surface area contributed by atoms with Gasteiger partial charge >= 0.3 is 0 Å². The van der Waals surface area contributed by atoms with E-state index >= 15 is 0 Å². The Labute approximate surface area is 357 Å². The number of fused-ring (bicyclic) bond motifs is 11. The molecule has 1 aliphatic heterocycles. The highest BCUT2D eigenvalue weighted by molar-refractivity contribution is 6.18. The molecule has 0 saturated carbocycles. The standard InChI is InChI=1S/C57H41N3O2/c1-34-26-27-48(58-57(59-54(34)35-14-3-2-4-15-35)44-23-13-22-43-42-21-10-12-25-52(42)61-55(43)44)40-30-47-46-29-37-17-6-8-19-39(37)33-53(46)62-56(47)51(32-40)60-49-24-11-9-20-41(49)45-28-36-16-5-7-18-38(36)31-50(45)60/h2-25,28-34,54,57,59H,26-27H2,1H3/t34-,54?,57?/m1/s1. The van der Waals surface area contributed by atoms with Crippen LogP contribution in [0.25, 0.3) is 92.9 Å². The van der Waals surface area contributed by atoms with E-state index in [1.54, 1.807) is 0 Å². The van der Waals surface area contributed by atoms with Crippen LogP contribution in [0.15, 0.2) is 196 Å². The second kappa shape index (κ2) is 13.8. The molecule has 5 heteroatoms. The van der Waals surface area contributed by atoms with Crippen molar-refractivity contribution < 1.29 is 8.83 Å². The third kappa shape index (κ3) is 5.48. The number of nitrogens with zero attached hydrogens (tertiary/aromatic N) is 2. The van der Waals surface area contributed by atoms with E-state index in [4.69, 9.17) is 13.8 Å². The Morgan fingerprint density at radius 2 is 1.18 bits per heavy atom. The summed E-state index contributed by atoms with van der Waals surface area (Å²) in [5.41, 5.74) is 11.2. The maximum absolute atomic E-state index is 7.05. The van der Waals surface area contributed by atoms with E-state index in [-0.39, 0.29) is 12.2 Å². The SMILES string of the molecule is C[C@@H]1CCC(c2cc(-n3c4ccccc4c4cc5ccccc5cc43)c3oc4cc5ccccc5cc4c3c2)=NC(c2cccc3c2oc2ccccc23)NC1c1ccccc1. The van der Waals surface area contributed by atoms with Crippen LogP contribution in [-0.4, -0.2) is 10.3 Å². The summed E-state index contributed by atoms with van der Waals surface area (Å²) in [5, 5.41) is 15.7. The van der Waals surface area contributed by atoms with Crippen molar-refractivity contribution >= 4 is 92.9 Å². The van der Waals surface area contributed by atoms with E-state index in [0.717, 1.165) is 95.7 Å². The Morgan fingerprint density at radius 3 is 2.00 bits per heavy atom.